The molecule has 0 spiro atoms. The molecule has 0 aliphatic heterocycles. The van der Waals surface area contributed by atoms with Gasteiger partial charge in [0.25, 0.3) is 0 Å². The zero-order valence-electron chi connectivity index (χ0n) is 12.0. The molecule has 3 aromatic heterocycles. The monoisotopic (exact) mass is 317 g/mol. The van der Waals surface area contributed by atoms with Crippen molar-refractivity contribution in [2.75, 3.05) is 6.54 Å². The molecule has 3 nitrogen and oxygen atoms in total. The van der Waals surface area contributed by atoms with Gasteiger partial charge in [0.1, 0.15) is 0 Å². The van der Waals surface area contributed by atoms with Crippen molar-refractivity contribution >= 4 is 22.7 Å². The van der Waals surface area contributed by atoms with E-state index < -0.39 is 0 Å². The number of thiophene rings is 2. The van der Waals surface area contributed by atoms with E-state index in [-0.39, 0.29) is 0 Å². The lowest BCUT2D eigenvalue weighted by molar-refractivity contribution is 0.544. The van der Waals surface area contributed by atoms with Gasteiger partial charge in [-0.2, -0.15) is 5.10 Å². The Balaban J connectivity index is 1.59. The van der Waals surface area contributed by atoms with E-state index in [2.05, 4.69) is 51.6 Å². The van der Waals surface area contributed by atoms with E-state index in [1.807, 2.05) is 40.6 Å². The number of aryl methyl sites for hydroxylation is 1. The molecular weight excluding hydrogens is 298 g/mol. The highest BCUT2D eigenvalue weighted by Gasteiger charge is 2.13. The average Bonchev–Trinajstić information content (AvgIpc) is 3.19. The summed E-state index contributed by atoms with van der Waals surface area (Å²) in [5.74, 6) is 0. The van der Waals surface area contributed by atoms with Gasteiger partial charge in [0.05, 0.1) is 6.20 Å². The standard InChI is InChI=1S/C16H19N3S2/c1-19-12-13(11-18-19)6-7-17-15(16-5-3-9-21-16)10-14-4-2-8-20-14/h2-5,8-9,11-12,15,17H,6-7,10H2,1H3. The normalized spacial score (nSPS) is 12.6. The second-order valence-corrected chi connectivity index (χ2v) is 7.09. The van der Waals surface area contributed by atoms with E-state index in [9.17, 15) is 0 Å². The first-order chi connectivity index (χ1) is 10.3. The van der Waals surface area contributed by atoms with E-state index in [1.54, 1.807) is 0 Å². The second kappa shape index (κ2) is 7.02. The highest BCUT2D eigenvalue weighted by Crippen LogP contribution is 2.24. The van der Waals surface area contributed by atoms with Crippen LogP contribution in [0.3, 0.4) is 0 Å². The van der Waals surface area contributed by atoms with Gasteiger partial charge in [-0.25, -0.2) is 0 Å². The Bertz CT molecular complexity index is 641. The lowest BCUT2D eigenvalue weighted by atomic mass is 10.1. The number of nitrogens with zero attached hydrogens (tertiary/aromatic N) is 2. The maximum atomic E-state index is 4.22. The third-order valence-corrected chi connectivity index (χ3v) is 5.32. The molecule has 0 fully saturated rings. The Morgan fingerprint density at radius 1 is 1.24 bits per heavy atom. The van der Waals surface area contributed by atoms with E-state index in [1.165, 1.54) is 15.3 Å². The quantitative estimate of drug-likeness (QED) is 0.721. The number of nitrogens with one attached hydrogen (secondary N) is 1. The predicted octanol–water partition coefficient (Wildman–Crippen LogP) is 3.66. The molecule has 0 radical (unpaired) electrons. The molecule has 110 valence electrons. The van der Waals surface area contributed by atoms with Crippen LogP contribution in [-0.4, -0.2) is 16.3 Å². The van der Waals surface area contributed by atoms with Crippen LogP contribution in [0.25, 0.3) is 0 Å². The van der Waals surface area contributed by atoms with E-state index in [4.69, 9.17) is 0 Å². The second-order valence-electron chi connectivity index (χ2n) is 5.08. The Morgan fingerprint density at radius 2 is 2.10 bits per heavy atom. The van der Waals surface area contributed by atoms with Gasteiger partial charge < -0.3 is 5.32 Å². The molecule has 0 bridgehead atoms. The van der Waals surface area contributed by atoms with Gasteiger partial charge in [0.15, 0.2) is 0 Å². The molecule has 0 aromatic carbocycles. The van der Waals surface area contributed by atoms with Gasteiger partial charge in [0.2, 0.25) is 0 Å². The molecular formula is C16H19N3S2. The molecule has 3 aromatic rings. The fourth-order valence-electron chi connectivity index (χ4n) is 2.38. The van der Waals surface area contributed by atoms with Gasteiger partial charge in [0, 0.05) is 35.5 Å². The average molecular weight is 317 g/mol. The largest absolute Gasteiger partial charge is 0.309 e. The van der Waals surface area contributed by atoms with Crippen molar-refractivity contribution in [2.45, 2.75) is 18.9 Å². The summed E-state index contributed by atoms with van der Waals surface area (Å²) in [5, 5.41) is 12.2. The summed E-state index contributed by atoms with van der Waals surface area (Å²) < 4.78 is 1.86. The molecule has 1 atom stereocenters. The van der Waals surface area contributed by atoms with Crippen LogP contribution in [0.1, 0.15) is 21.4 Å². The van der Waals surface area contributed by atoms with Crippen LogP contribution < -0.4 is 5.32 Å². The first-order valence-corrected chi connectivity index (χ1v) is 8.84. The van der Waals surface area contributed by atoms with Crippen LogP contribution in [0.15, 0.2) is 47.4 Å². The van der Waals surface area contributed by atoms with Crippen molar-refractivity contribution in [1.82, 2.24) is 15.1 Å². The van der Waals surface area contributed by atoms with Crippen LogP contribution in [0.4, 0.5) is 0 Å². The first-order valence-electron chi connectivity index (χ1n) is 7.08. The molecule has 0 saturated heterocycles. The zero-order chi connectivity index (χ0) is 14.5. The molecule has 5 heteroatoms. The fourth-order valence-corrected chi connectivity index (χ4v) is 3.94. The molecule has 1 unspecified atom stereocenters. The lowest BCUT2D eigenvalue weighted by Gasteiger charge is -2.16. The Morgan fingerprint density at radius 3 is 2.76 bits per heavy atom. The van der Waals surface area contributed by atoms with Crippen LogP contribution in [-0.2, 0) is 19.9 Å². The highest BCUT2D eigenvalue weighted by atomic mass is 32.1. The van der Waals surface area contributed by atoms with E-state index >= 15 is 0 Å². The molecule has 3 rings (SSSR count). The topological polar surface area (TPSA) is 29.9 Å². The summed E-state index contributed by atoms with van der Waals surface area (Å²) in [5.41, 5.74) is 1.28. The molecule has 0 amide bonds. The Labute approximate surface area is 133 Å². The maximum absolute atomic E-state index is 4.22. The number of hydrogen-bond acceptors (Lipinski definition) is 4. The van der Waals surface area contributed by atoms with Crippen molar-refractivity contribution in [3.05, 3.63) is 62.7 Å². The van der Waals surface area contributed by atoms with Crippen molar-refractivity contribution in [2.24, 2.45) is 7.05 Å². The number of aromatic nitrogens is 2. The summed E-state index contributed by atoms with van der Waals surface area (Å²) in [4.78, 5) is 2.84. The summed E-state index contributed by atoms with van der Waals surface area (Å²) in [6, 6.07) is 9.10. The van der Waals surface area contributed by atoms with Gasteiger partial charge >= 0.3 is 0 Å². The minimum absolute atomic E-state index is 0.403. The molecule has 3 heterocycles. The van der Waals surface area contributed by atoms with Gasteiger partial charge in [-0.1, -0.05) is 12.1 Å². The van der Waals surface area contributed by atoms with Gasteiger partial charge in [-0.05, 0) is 41.4 Å². The van der Waals surface area contributed by atoms with Crippen LogP contribution in [0, 0.1) is 0 Å². The summed E-state index contributed by atoms with van der Waals surface area (Å²) >= 11 is 3.66. The number of hydrogen-bond donors (Lipinski definition) is 1. The Hall–Kier alpha value is -1.43. The molecule has 0 saturated carbocycles. The fraction of sp³-hybridized carbons (Fsp3) is 0.312. The Kier molecular flexibility index (Phi) is 4.85. The zero-order valence-corrected chi connectivity index (χ0v) is 13.7. The summed E-state index contributed by atoms with van der Waals surface area (Å²) in [7, 11) is 1.96. The molecule has 0 aliphatic rings. The summed E-state index contributed by atoms with van der Waals surface area (Å²) in [6.45, 7) is 0.972. The van der Waals surface area contributed by atoms with Crippen LogP contribution in [0.2, 0.25) is 0 Å². The van der Waals surface area contributed by atoms with Crippen molar-refractivity contribution in [3.63, 3.8) is 0 Å². The smallest absolute Gasteiger partial charge is 0.0522 e. The molecule has 21 heavy (non-hydrogen) atoms. The predicted molar refractivity (Wildman–Crippen MR) is 90.0 cm³/mol. The number of rotatable bonds is 7. The molecule has 1 N–H and O–H groups in total. The van der Waals surface area contributed by atoms with Gasteiger partial charge in [-0.3, -0.25) is 4.68 Å². The molecule has 0 aliphatic carbocycles. The summed E-state index contributed by atoms with van der Waals surface area (Å²) in [6.07, 6.45) is 6.10. The highest BCUT2D eigenvalue weighted by molar-refractivity contribution is 7.10. The van der Waals surface area contributed by atoms with E-state index in [0.29, 0.717) is 6.04 Å². The maximum Gasteiger partial charge on any atom is 0.0522 e. The first kappa shape index (κ1) is 14.5. The minimum atomic E-state index is 0.403. The van der Waals surface area contributed by atoms with Crippen molar-refractivity contribution < 1.29 is 0 Å². The van der Waals surface area contributed by atoms with E-state index in [0.717, 1.165) is 19.4 Å². The third kappa shape index (κ3) is 4.03. The SMILES string of the molecule is Cn1cc(CCNC(Cc2cccs2)c2cccs2)cn1. The van der Waals surface area contributed by atoms with Crippen LogP contribution >= 0.6 is 22.7 Å². The third-order valence-electron chi connectivity index (χ3n) is 3.43. The van der Waals surface area contributed by atoms with Gasteiger partial charge in [-0.15, -0.1) is 22.7 Å². The minimum Gasteiger partial charge on any atom is -0.309 e. The lowest BCUT2D eigenvalue weighted by Crippen LogP contribution is -2.24. The van der Waals surface area contributed by atoms with Crippen LogP contribution in [0.5, 0.6) is 0 Å². The van der Waals surface area contributed by atoms with Crippen molar-refractivity contribution in [3.8, 4) is 0 Å². The van der Waals surface area contributed by atoms with Crippen molar-refractivity contribution in [1.29, 1.82) is 0 Å².